The maximum Gasteiger partial charge on any atom is 0.255 e. The minimum atomic E-state index is -0.562. The topological polar surface area (TPSA) is 78.5 Å². The van der Waals surface area contributed by atoms with Crippen LogP contribution in [0.1, 0.15) is 93.5 Å². The summed E-state index contributed by atoms with van der Waals surface area (Å²) in [5.74, 6) is -0.744. The molecule has 1 fully saturated rings. The molecule has 1 unspecified atom stereocenters. The van der Waals surface area contributed by atoms with Gasteiger partial charge in [0.1, 0.15) is 6.04 Å². The minimum absolute atomic E-state index is 0.119. The highest BCUT2D eigenvalue weighted by atomic mass is 16.2. The van der Waals surface area contributed by atoms with Crippen LogP contribution in [0.25, 0.3) is 0 Å². The van der Waals surface area contributed by atoms with Crippen molar-refractivity contribution in [2.75, 3.05) is 11.9 Å². The fourth-order valence-electron chi connectivity index (χ4n) is 4.41. The summed E-state index contributed by atoms with van der Waals surface area (Å²) in [6, 6.07) is 5.16. The molecule has 2 heterocycles. The van der Waals surface area contributed by atoms with E-state index in [9.17, 15) is 14.4 Å². The zero-order valence-electron chi connectivity index (χ0n) is 18.2. The Kier molecular flexibility index (Phi) is 8.29. The van der Waals surface area contributed by atoms with Crippen molar-refractivity contribution < 1.29 is 14.4 Å². The minimum Gasteiger partial charge on any atom is -0.385 e. The number of hydrogen-bond donors (Lipinski definition) is 2. The molecule has 6 heteroatoms. The summed E-state index contributed by atoms with van der Waals surface area (Å²) in [7, 11) is 0. The Labute approximate surface area is 179 Å². The van der Waals surface area contributed by atoms with Crippen molar-refractivity contribution in [3.63, 3.8) is 0 Å². The van der Waals surface area contributed by atoms with Crippen molar-refractivity contribution in [1.82, 2.24) is 10.2 Å². The Morgan fingerprint density at radius 2 is 1.70 bits per heavy atom. The van der Waals surface area contributed by atoms with E-state index in [-0.39, 0.29) is 24.1 Å². The predicted molar refractivity (Wildman–Crippen MR) is 118 cm³/mol. The summed E-state index contributed by atoms with van der Waals surface area (Å²) in [5, 5.41) is 5.85. The fourth-order valence-corrected chi connectivity index (χ4v) is 4.41. The number of rotatable bonds is 12. The summed E-state index contributed by atoms with van der Waals surface area (Å²) < 4.78 is 0. The van der Waals surface area contributed by atoms with Gasteiger partial charge in [-0.1, -0.05) is 64.4 Å². The van der Waals surface area contributed by atoms with Crippen molar-refractivity contribution in [3.05, 3.63) is 29.3 Å². The first-order valence-electron chi connectivity index (χ1n) is 11.6. The number of hydrogen-bond acceptors (Lipinski definition) is 4. The maximum atomic E-state index is 12.9. The number of carbonyl (C=O) groups excluding carboxylic acids is 3. The number of nitrogens with zero attached hydrogens (tertiary/aromatic N) is 1. The lowest BCUT2D eigenvalue weighted by atomic mass is 10.0. The quantitative estimate of drug-likeness (QED) is 0.393. The lowest BCUT2D eigenvalue weighted by molar-refractivity contribution is -0.136. The molecule has 3 rings (SSSR count). The number of unbranched alkanes of at least 4 members (excludes halogenated alkanes) is 8. The van der Waals surface area contributed by atoms with Crippen molar-refractivity contribution in [2.24, 2.45) is 0 Å². The highest BCUT2D eigenvalue weighted by molar-refractivity contribution is 6.06. The van der Waals surface area contributed by atoms with Crippen LogP contribution in [0.3, 0.4) is 0 Å². The van der Waals surface area contributed by atoms with E-state index in [2.05, 4.69) is 17.6 Å². The Morgan fingerprint density at radius 3 is 2.40 bits per heavy atom. The normalized spacial score (nSPS) is 18.5. The summed E-state index contributed by atoms with van der Waals surface area (Å²) in [6.45, 7) is 3.55. The second-order valence-corrected chi connectivity index (χ2v) is 8.49. The van der Waals surface area contributed by atoms with Gasteiger partial charge in [0.15, 0.2) is 0 Å². The van der Waals surface area contributed by atoms with Gasteiger partial charge in [-0.15, -0.1) is 0 Å². The van der Waals surface area contributed by atoms with Crippen LogP contribution >= 0.6 is 0 Å². The number of nitrogens with one attached hydrogen (secondary N) is 2. The third-order valence-electron chi connectivity index (χ3n) is 6.18. The van der Waals surface area contributed by atoms with Gasteiger partial charge in [-0.05, 0) is 25.0 Å². The van der Waals surface area contributed by atoms with E-state index < -0.39 is 6.04 Å². The molecule has 2 N–H and O–H groups in total. The Bertz CT molecular complexity index is 762. The average molecular weight is 414 g/mol. The number of anilines is 1. The molecule has 1 saturated heterocycles. The van der Waals surface area contributed by atoms with Crippen LogP contribution in [0.4, 0.5) is 5.69 Å². The molecule has 1 atom stereocenters. The van der Waals surface area contributed by atoms with Gasteiger partial charge >= 0.3 is 0 Å². The van der Waals surface area contributed by atoms with Crippen molar-refractivity contribution >= 4 is 23.4 Å². The largest absolute Gasteiger partial charge is 0.385 e. The summed E-state index contributed by atoms with van der Waals surface area (Å²) in [5.41, 5.74) is 2.61. The Morgan fingerprint density at radius 1 is 1.00 bits per heavy atom. The first-order chi connectivity index (χ1) is 14.6. The summed E-state index contributed by atoms with van der Waals surface area (Å²) >= 11 is 0. The molecule has 30 heavy (non-hydrogen) atoms. The number of fused-ring (bicyclic) bond motifs is 1. The van der Waals surface area contributed by atoms with Crippen LogP contribution in [0.5, 0.6) is 0 Å². The van der Waals surface area contributed by atoms with Crippen LogP contribution in [0, 0.1) is 0 Å². The van der Waals surface area contributed by atoms with Gasteiger partial charge in [0.2, 0.25) is 11.8 Å². The molecule has 0 aliphatic carbocycles. The van der Waals surface area contributed by atoms with Gasteiger partial charge in [0.25, 0.3) is 5.91 Å². The molecular formula is C24H35N3O3. The fraction of sp³-hybridized carbons (Fsp3) is 0.625. The van der Waals surface area contributed by atoms with Gasteiger partial charge in [0.05, 0.1) is 0 Å². The lowest BCUT2D eigenvalue weighted by Gasteiger charge is -2.29. The molecule has 0 radical (unpaired) electrons. The van der Waals surface area contributed by atoms with Gasteiger partial charge in [-0.2, -0.15) is 0 Å². The van der Waals surface area contributed by atoms with E-state index in [1.165, 1.54) is 51.4 Å². The molecule has 0 saturated carbocycles. The number of amides is 3. The van der Waals surface area contributed by atoms with Crippen molar-refractivity contribution in [2.45, 2.75) is 90.1 Å². The Hall–Kier alpha value is -2.37. The molecule has 164 valence electrons. The second-order valence-electron chi connectivity index (χ2n) is 8.49. The van der Waals surface area contributed by atoms with Crippen LogP contribution in [0.15, 0.2) is 18.2 Å². The van der Waals surface area contributed by atoms with E-state index in [1.807, 2.05) is 18.2 Å². The molecule has 0 spiro atoms. The van der Waals surface area contributed by atoms with Gasteiger partial charge < -0.3 is 10.2 Å². The van der Waals surface area contributed by atoms with Crippen LogP contribution in [-0.4, -0.2) is 35.2 Å². The average Bonchev–Trinajstić information content (AvgIpc) is 3.07. The van der Waals surface area contributed by atoms with Gasteiger partial charge in [0, 0.05) is 36.3 Å². The monoisotopic (exact) mass is 413 g/mol. The zero-order valence-corrected chi connectivity index (χ0v) is 18.2. The zero-order chi connectivity index (χ0) is 21.3. The van der Waals surface area contributed by atoms with E-state index >= 15 is 0 Å². The SMILES string of the molecule is CCCCCCCCCCCNc1cccc2c1CN(C1CCC(=O)NC1=O)C2=O. The second kappa shape index (κ2) is 11.1. The van der Waals surface area contributed by atoms with Crippen molar-refractivity contribution in [3.8, 4) is 0 Å². The smallest absolute Gasteiger partial charge is 0.255 e. The molecule has 0 aromatic heterocycles. The van der Waals surface area contributed by atoms with E-state index in [0.717, 1.165) is 24.2 Å². The van der Waals surface area contributed by atoms with Gasteiger partial charge in [-0.25, -0.2) is 0 Å². The van der Waals surface area contributed by atoms with Crippen LogP contribution in [0.2, 0.25) is 0 Å². The molecular weight excluding hydrogens is 378 g/mol. The molecule has 1 aromatic carbocycles. The predicted octanol–water partition coefficient (Wildman–Crippen LogP) is 4.39. The molecule has 1 aromatic rings. The first kappa shape index (κ1) is 22.3. The summed E-state index contributed by atoms with van der Waals surface area (Å²) in [4.78, 5) is 38.1. The van der Waals surface area contributed by atoms with E-state index in [1.54, 1.807) is 4.90 Å². The molecule has 2 aliphatic rings. The van der Waals surface area contributed by atoms with Gasteiger partial charge in [-0.3, -0.25) is 19.7 Å². The maximum absolute atomic E-state index is 12.9. The number of benzene rings is 1. The Balaban J connectivity index is 1.45. The number of imide groups is 1. The molecule has 0 bridgehead atoms. The molecule has 6 nitrogen and oxygen atoms in total. The molecule has 3 amide bonds. The van der Waals surface area contributed by atoms with Crippen LogP contribution in [-0.2, 0) is 16.1 Å². The highest BCUT2D eigenvalue weighted by Gasteiger charge is 2.39. The first-order valence-corrected chi connectivity index (χ1v) is 11.6. The standard InChI is InChI=1S/C24H35N3O3/c1-2-3-4-5-6-7-8-9-10-16-25-20-13-11-12-18-19(20)17-27(24(18)30)21-14-15-22(28)26-23(21)29/h11-13,21,25H,2-10,14-17H2,1H3,(H,26,28,29). The number of piperidine rings is 1. The van der Waals surface area contributed by atoms with Crippen LogP contribution < -0.4 is 10.6 Å². The van der Waals surface area contributed by atoms with E-state index in [0.29, 0.717) is 18.5 Å². The highest BCUT2D eigenvalue weighted by Crippen LogP contribution is 2.32. The lowest BCUT2D eigenvalue weighted by Crippen LogP contribution is -2.52. The third kappa shape index (κ3) is 5.61. The van der Waals surface area contributed by atoms with Crippen molar-refractivity contribution in [1.29, 1.82) is 0 Å². The third-order valence-corrected chi connectivity index (χ3v) is 6.18. The van der Waals surface area contributed by atoms with E-state index in [4.69, 9.17) is 0 Å². The summed E-state index contributed by atoms with van der Waals surface area (Å²) in [6.07, 6.45) is 12.3. The number of carbonyl (C=O) groups is 3. The molecule has 2 aliphatic heterocycles.